The van der Waals surface area contributed by atoms with Crippen molar-refractivity contribution >= 4 is 17.7 Å². The molecule has 0 saturated heterocycles. The van der Waals surface area contributed by atoms with Crippen LogP contribution in [0.15, 0.2) is 0 Å². The zero-order valence-electron chi connectivity index (χ0n) is 5.29. The van der Waals surface area contributed by atoms with Crippen LogP contribution in [0.5, 0.6) is 0 Å². The minimum Gasteiger partial charge on any atom is -0.550 e. The SMILES string of the molecule is O=C([O-])CC(=O)C(=O)O.[K+]. The molecule has 0 aromatic heterocycles. The normalized spacial score (nSPS) is 7.60. The smallest absolute Gasteiger partial charge is 0.550 e. The molecule has 0 bridgehead atoms. The van der Waals surface area contributed by atoms with Crippen LogP contribution >= 0.6 is 0 Å². The van der Waals surface area contributed by atoms with Gasteiger partial charge in [0.2, 0.25) is 5.78 Å². The van der Waals surface area contributed by atoms with Gasteiger partial charge in [-0.2, -0.15) is 0 Å². The van der Waals surface area contributed by atoms with Gasteiger partial charge in [0.25, 0.3) is 0 Å². The zero-order chi connectivity index (χ0) is 7.44. The van der Waals surface area contributed by atoms with Crippen molar-refractivity contribution in [2.45, 2.75) is 6.42 Å². The van der Waals surface area contributed by atoms with E-state index < -0.39 is 24.1 Å². The van der Waals surface area contributed by atoms with Crippen molar-refractivity contribution in [1.82, 2.24) is 0 Å². The number of Topliss-reactive ketones (excluding diaryl/α,β-unsaturated/α-hetero) is 1. The summed E-state index contributed by atoms with van der Waals surface area (Å²) in [6, 6.07) is 0. The Hall–Kier alpha value is 0.246. The van der Waals surface area contributed by atoms with Gasteiger partial charge < -0.3 is 15.0 Å². The molecule has 5 nitrogen and oxygen atoms in total. The molecule has 10 heavy (non-hydrogen) atoms. The fraction of sp³-hybridized carbons (Fsp3) is 0.250. The maximum absolute atomic E-state index is 9.93. The van der Waals surface area contributed by atoms with Crippen molar-refractivity contribution in [3.63, 3.8) is 0 Å². The van der Waals surface area contributed by atoms with Crippen LogP contribution in [0.4, 0.5) is 0 Å². The van der Waals surface area contributed by atoms with Gasteiger partial charge in [-0.05, 0) is 0 Å². The van der Waals surface area contributed by atoms with E-state index in [4.69, 9.17) is 5.11 Å². The zero-order valence-corrected chi connectivity index (χ0v) is 8.41. The number of hydrogen-bond donors (Lipinski definition) is 1. The van der Waals surface area contributed by atoms with Gasteiger partial charge >= 0.3 is 57.4 Å². The molecule has 0 aromatic rings. The van der Waals surface area contributed by atoms with E-state index in [1.807, 2.05) is 0 Å². The van der Waals surface area contributed by atoms with Gasteiger partial charge in [0, 0.05) is 5.97 Å². The summed E-state index contributed by atoms with van der Waals surface area (Å²) in [7, 11) is 0. The Morgan fingerprint density at radius 2 is 1.70 bits per heavy atom. The third-order valence-electron chi connectivity index (χ3n) is 0.543. The largest absolute Gasteiger partial charge is 1.00 e. The Labute approximate surface area is 98.8 Å². The predicted molar refractivity (Wildman–Crippen MR) is 22.3 cm³/mol. The Bertz CT molecular complexity index is 163. The molecule has 0 radical (unpaired) electrons. The summed E-state index contributed by atoms with van der Waals surface area (Å²) in [6.45, 7) is 0. The summed E-state index contributed by atoms with van der Waals surface area (Å²) in [5.74, 6) is -4.79. The van der Waals surface area contributed by atoms with Crippen LogP contribution in [0.3, 0.4) is 0 Å². The molecule has 0 atom stereocenters. The Balaban J connectivity index is 0. The summed E-state index contributed by atoms with van der Waals surface area (Å²) < 4.78 is 0. The molecule has 6 heteroatoms. The minimum atomic E-state index is -1.75. The van der Waals surface area contributed by atoms with Gasteiger partial charge in [-0.15, -0.1) is 0 Å². The fourth-order valence-electron chi connectivity index (χ4n) is 0.207. The first-order valence-corrected chi connectivity index (χ1v) is 2.00. The average Bonchev–Trinajstić information content (AvgIpc) is 1.63. The van der Waals surface area contributed by atoms with Crippen molar-refractivity contribution < 1.29 is 76.0 Å². The molecule has 0 amide bonds. The van der Waals surface area contributed by atoms with Crippen molar-refractivity contribution in [1.29, 1.82) is 0 Å². The number of carbonyl (C=O) groups is 3. The number of carboxylic acid groups (broad SMARTS) is 2. The molecule has 50 valence electrons. The molecule has 0 aliphatic carbocycles. The quantitative estimate of drug-likeness (QED) is 0.259. The van der Waals surface area contributed by atoms with E-state index >= 15 is 0 Å². The average molecular weight is 170 g/mol. The van der Waals surface area contributed by atoms with Gasteiger partial charge in [0.05, 0.1) is 6.42 Å². The van der Waals surface area contributed by atoms with Crippen molar-refractivity contribution in [2.24, 2.45) is 0 Å². The van der Waals surface area contributed by atoms with E-state index in [1.165, 1.54) is 0 Å². The molecule has 0 aliphatic rings. The second kappa shape index (κ2) is 5.99. The number of carbonyl (C=O) groups excluding carboxylic acids is 2. The molecular weight excluding hydrogens is 167 g/mol. The molecule has 0 aromatic carbocycles. The number of carboxylic acids is 2. The second-order valence-corrected chi connectivity index (χ2v) is 1.28. The Morgan fingerprint density at radius 3 is 1.80 bits per heavy atom. The molecule has 0 aliphatic heterocycles. The molecule has 0 saturated carbocycles. The summed E-state index contributed by atoms with van der Waals surface area (Å²) >= 11 is 0. The first-order valence-electron chi connectivity index (χ1n) is 2.00. The van der Waals surface area contributed by atoms with Gasteiger partial charge in [0.1, 0.15) is 0 Å². The van der Waals surface area contributed by atoms with Crippen LogP contribution in [-0.2, 0) is 14.4 Å². The van der Waals surface area contributed by atoms with Crippen molar-refractivity contribution in [3.05, 3.63) is 0 Å². The minimum absolute atomic E-state index is 0. The molecule has 0 heterocycles. The van der Waals surface area contributed by atoms with E-state index in [1.54, 1.807) is 0 Å². The third kappa shape index (κ3) is 6.37. The van der Waals surface area contributed by atoms with Crippen LogP contribution < -0.4 is 56.5 Å². The first kappa shape index (κ1) is 12.9. The maximum Gasteiger partial charge on any atom is 1.00 e. The van der Waals surface area contributed by atoms with E-state index in [0.717, 1.165) is 0 Å². The Kier molecular flexibility index (Phi) is 7.72. The second-order valence-electron chi connectivity index (χ2n) is 1.28. The van der Waals surface area contributed by atoms with Gasteiger partial charge in [0.15, 0.2) is 0 Å². The van der Waals surface area contributed by atoms with E-state index in [0.29, 0.717) is 0 Å². The number of aliphatic carboxylic acids is 2. The van der Waals surface area contributed by atoms with Crippen LogP contribution in [0, 0.1) is 0 Å². The maximum atomic E-state index is 9.93. The topological polar surface area (TPSA) is 94.5 Å². The number of rotatable bonds is 3. The van der Waals surface area contributed by atoms with Gasteiger partial charge in [-0.25, -0.2) is 4.79 Å². The van der Waals surface area contributed by atoms with Crippen molar-refractivity contribution in [2.75, 3.05) is 0 Å². The van der Waals surface area contributed by atoms with Crippen LogP contribution in [0.1, 0.15) is 6.42 Å². The van der Waals surface area contributed by atoms with E-state index in [9.17, 15) is 19.5 Å². The van der Waals surface area contributed by atoms with Crippen LogP contribution in [-0.4, -0.2) is 22.8 Å². The molecule has 0 rings (SSSR count). The summed E-state index contributed by atoms with van der Waals surface area (Å²) in [4.78, 5) is 29.0. The molecular formula is C4H3KO5. The van der Waals surface area contributed by atoms with Gasteiger partial charge in [-0.3, -0.25) is 4.79 Å². The summed E-state index contributed by atoms with van der Waals surface area (Å²) in [6.07, 6.45) is -1.06. The van der Waals surface area contributed by atoms with Crippen LogP contribution in [0.25, 0.3) is 0 Å². The first-order chi connectivity index (χ1) is 4.04. The standard InChI is InChI=1S/C4H4O5.K/c5-2(4(8)9)1-3(6)7;/h1H2,(H,6,7)(H,8,9);/q;+1/p-1. The van der Waals surface area contributed by atoms with Crippen molar-refractivity contribution in [3.8, 4) is 0 Å². The monoisotopic (exact) mass is 170 g/mol. The number of hydrogen-bond acceptors (Lipinski definition) is 4. The van der Waals surface area contributed by atoms with E-state index in [-0.39, 0.29) is 51.4 Å². The van der Waals surface area contributed by atoms with E-state index in [2.05, 4.69) is 0 Å². The van der Waals surface area contributed by atoms with Crippen LogP contribution in [0.2, 0.25) is 0 Å². The molecule has 1 N–H and O–H groups in total. The third-order valence-corrected chi connectivity index (χ3v) is 0.543. The molecule has 0 unspecified atom stereocenters. The van der Waals surface area contributed by atoms with Gasteiger partial charge in [-0.1, -0.05) is 0 Å². The predicted octanol–water partition coefficient (Wildman–Crippen LogP) is -5.22. The fourth-order valence-corrected chi connectivity index (χ4v) is 0.207. The Morgan fingerprint density at radius 1 is 1.30 bits per heavy atom. The summed E-state index contributed by atoms with van der Waals surface area (Å²) in [5, 5.41) is 17.3. The molecule has 0 spiro atoms. The number of ketones is 1. The summed E-state index contributed by atoms with van der Waals surface area (Å²) in [5.41, 5.74) is 0. The molecule has 0 fully saturated rings.